The topological polar surface area (TPSA) is 72.7 Å². The van der Waals surface area contributed by atoms with Crippen molar-refractivity contribution in [3.05, 3.63) is 12.3 Å². The van der Waals surface area contributed by atoms with Crippen molar-refractivity contribution in [3.8, 4) is 0 Å². The van der Waals surface area contributed by atoms with Crippen LogP contribution in [0.15, 0.2) is 12.3 Å². The molecule has 1 aromatic rings. The number of aromatic nitrogens is 2. The Bertz CT molecular complexity index is 530. The van der Waals surface area contributed by atoms with Crippen molar-refractivity contribution in [1.29, 1.82) is 0 Å². The number of aliphatic hydroxyl groups is 2. The molecule has 0 spiro atoms. The van der Waals surface area contributed by atoms with Crippen LogP contribution in [0.2, 0.25) is 0 Å². The van der Waals surface area contributed by atoms with E-state index in [1.165, 1.54) is 0 Å². The zero-order valence-electron chi connectivity index (χ0n) is 14.7. The highest BCUT2D eigenvalue weighted by Gasteiger charge is 2.35. The molecule has 1 aromatic heterocycles. The Balaban J connectivity index is 1.73. The van der Waals surface area contributed by atoms with E-state index in [1.54, 1.807) is 0 Å². The summed E-state index contributed by atoms with van der Waals surface area (Å²) in [4.78, 5) is 13.7. The normalized spacial score (nSPS) is 26.0. The molecule has 1 atom stereocenters. The first-order chi connectivity index (χ1) is 11.7. The fourth-order valence-electron chi connectivity index (χ4n) is 4.08. The summed E-state index contributed by atoms with van der Waals surface area (Å²) in [6.07, 6.45) is 7.54. The molecule has 3 heterocycles. The van der Waals surface area contributed by atoms with E-state index in [0.717, 1.165) is 76.5 Å². The van der Waals surface area contributed by atoms with E-state index in [1.807, 2.05) is 12.3 Å². The maximum atomic E-state index is 9.92. The van der Waals surface area contributed by atoms with Crippen LogP contribution in [0.3, 0.4) is 0 Å². The van der Waals surface area contributed by atoms with Crippen LogP contribution in [0, 0.1) is 5.41 Å². The zero-order valence-corrected chi connectivity index (χ0v) is 14.7. The zero-order chi connectivity index (χ0) is 17.0. The molecular formula is C18H30N4O2. The lowest BCUT2D eigenvalue weighted by Crippen LogP contribution is -2.46. The predicted molar refractivity (Wildman–Crippen MR) is 95.4 cm³/mol. The molecule has 0 radical (unpaired) electrons. The summed E-state index contributed by atoms with van der Waals surface area (Å²) in [5, 5.41) is 19.6. The minimum absolute atomic E-state index is 0.0123. The van der Waals surface area contributed by atoms with Gasteiger partial charge in [-0.2, -0.15) is 4.98 Å². The highest BCUT2D eigenvalue weighted by atomic mass is 16.3. The van der Waals surface area contributed by atoms with Gasteiger partial charge in [-0.3, -0.25) is 0 Å². The molecule has 24 heavy (non-hydrogen) atoms. The highest BCUT2D eigenvalue weighted by Crippen LogP contribution is 2.35. The second-order valence-corrected chi connectivity index (χ2v) is 7.37. The average Bonchev–Trinajstić information content (AvgIpc) is 2.63. The number of aliphatic hydroxyl groups excluding tert-OH is 2. The predicted octanol–water partition coefficient (Wildman–Crippen LogP) is 1.82. The molecule has 2 aliphatic heterocycles. The van der Waals surface area contributed by atoms with Gasteiger partial charge in [-0.1, -0.05) is 13.3 Å². The van der Waals surface area contributed by atoms with E-state index in [0.29, 0.717) is 0 Å². The highest BCUT2D eigenvalue weighted by molar-refractivity contribution is 5.44. The minimum atomic E-state index is -0.177. The van der Waals surface area contributed by atoms with Crippen LogP contribution in [0.5, 0.6) is 0 Å². The van der Waals surface area contributed by atoms with Gasteiger partial charge in [-0.05, 0) is 38.2 Å². The minimum Gasteiger partial charge on any atom is -0.396 e. The molecule has 0 aliphatic carbocycles. The molecule has 2 saturated heterocycles. The fraction of sp³-hybridized carbons (Fsp3) is 0.778. The maximum absolute atomic E-state index is 9.92. The van der Waals surface area contributed by atoms with Gasteiger partial charge in [0.2, 0.25) is 5.95 Å². The molecule has 2 N–H and O–H groups in total. The third-order valence-electron chi connectivity index (χ3n) is 5.48. The van der Waals surface area contributed by atoms with E-state index in [2.05, 4.69) is 21.7 Å². The lowest BCUT2D eigenvalue weighted by atomic mass is 9.77. The van der Waals surface area contributed by atoms with Gasteiger partial charge in [0, 0.05) is 37.8 Å². The number of hydrogen-bond donors (Lipinski definition) is 2. The van der Waals surface area contributed by atoms with E-state index >= 15 is 0 Å². The molecule has 0 saturated carbocycles. The van der Waals surface area contributed by atoms with Crippen molar-refractivity contribution in [2.75, 3.05) is 42.6 Å². The van der Waals surface area contributed by atoms with Crippen LogP contribution in [0.4, 0.5) is 11.8 Å². The van der Waals surface area contributed by atoms with Gasteiger partial charge >= 0.3 is 0 Å². The molecule has 134 valence electrons. The molecule has 3 rings (SSSR count). The number of anilines is 2. The van der Waals surface area contributed by atoms with Crippen molar-refractivity contribution in [1.82, 2.24) is 9.97 Å². The van der Waals surface area contributed by atoms with Crippen molar-refractivity contribution >= 4 is 11.8 Å². The summed E-state index contributed by atoms with van der Waals surface area (Å²) in [5.74, 6) is 1.72. The Morgan fingerprint density at radius 3 is 2.75 bits per heavy atom. The summed E-state index contributed by atoms with van der Waals surface area (Å²) in [7, 11) is 0. The molecule has 6 nitrogen and oxygen atoms in total. The molecule has 1 unspecified atom stereocenters. The van der Waals surface area contributed by atoms with Crippen LogP contribution in [0.1, 0.15) is 45.4 Å². The molecule has 0 bridgehead atoms. The molecule has 0 aromatic carbocycles. The van der Waals surface area contributed by atoms with Gasteiger partial charge in [-0.15, -0.1) is 0 Å². The largest absolute Gasteiger partial charge is 0.396 e. The van der Waals surface area contributed by atoms with Gasteiger partial charge in [0.05, 0.1) is 12.7 Å². The van der Waals surface area contributed by atoms with Crippen LogP contribution in [-0.2, 0) is 0 Å². The molecular weight excluding hydrogens is 304 g/mol. The summed E-state index contributed by atoms with van der Waals surface area (Å²) in [6.45, 7) is 5.88. The first-order valence-electron chi connectivity index (χ1n) is 9.28. The third kappa shape index (κ3) is 3.81. The van der Waals surface area contributed by atoms with Crippen molar-refractivity contribution in [3.63, 3.8) is 0 Å². The van der Waals surface area contributed by atoms with Crippen molar-refractivity contribution < 1.29 is 10.2 Å². The maximum Gasteiger partial charge on any atom is 0.227 e. The lowest BCUT2D eigenvalue weighted by molar-refractivity contribution is 0.0949. The Morgan fingerprint density at radius 2 is 2.04 bits per heavy atom. The lowest BCUT2D eigenvalue weighted by Gasteiger charge is -2.42. The number of hydrogen-bond acceptors (Lipinski definition) is 6. The van der Waals surface area contributed by atoms with Gasteiger partial charge in [0.1, 0.15) is 5.82 Å². The second-order valence-electron chi connectivity index (χ2n) is 7.37. The molecule has 2 fully saturated rings. The first-order valence-corrected chi connectivity index (χ1v) is 9.28. The SMILES string of the molecule is CCCC1(CO)CCCN(c2nccc(N3CCC(O)CC3)n2)C1. The quantitative estimate of drug-likeness (QED) is 0.856. The smallest absolute Gasteiger partial charge is 0.227 e. The van der Waals surface area contributed by atoms with Crippen molar-refractivity contribution in [2.45, 2.75) is 51.6 Å². The van der Waals surface area contributed by atoms with E-state index in [9.17, 15) is 10.2 Å². The van der Waals surface area contributed by atoms with E-state index in [-0.39, 0.29) is 18.1 Å². The Morgan fingerprint density at radius 1 is 1.25 bits per heavy atom. The summed E-state index contributed by atoms with van der Waals surface area (Å²) in [6, 6.07) is 1.95. The summed E-state index contributed by atoms with van der Waals surface area (Å²) in [5.41, 5.74) is -0.0123. The summed E-state index contributed by atoms with van der Waals surface area (Å²) < 4.78 is 0. The molecule has 6 heteroatoms. The number of rotatable bonds is 5. The van der Waals surface area contributed by atoms with Gasteiger partial charge in [0.25, 0.3) is 0 Å². The fourth-order valence-corrected chi connectivity index (χ4v) is 4.08. The van der Waals surface area contributed by atoms with E-state index in [4.69, 9.17) is 4.98 Å². The molecule has 0 amide bonds. The van der Waals surface area contributed by atoms with Gasteiger partial charge in [-0.25, -0.2) is 4.98 Å². The second kappa shape index (κ2) is 7.66. The van der Waals surface area contributed by atoms with Gasteiger partial charge in [0.15, 0.2) is 0 Å². The monoisotopic (exact) mass is 334 g/mol. The van der Waals surface area contributed by atoms with Crippen LogP contribution >= 0.6 is 0 Å². The first kappa shape index (κ1) is 17.4. The van der Waals surface area contributed by atoms with Crippen LogP contribution < -0.4 is 9.80 Å². The van der Waals surface area contributed by atoms with Crippen LogP contribution in [0.25, 0.3) is 0 Å². The van der Waals surface area contributed by atoms with Crippen LogP contribution in [-0.4, -0.2) is 59.1 Å². The Hall–Kier alpha value is -1.40. The molecule has 2 aliphatic rings. The summed E-state index contributed by atoms with van der Waals surface area (Å²) >= 11 is 0. The van der Waals surface area contributed by atoms with Gasteiger partial charge < -0.3 is 20.0 Å². The standard InChI is InChI=1S/C18H30N4O2/c1-2-7-18(14-23)8-3-10-22(13-18)17-19-9-4-16(20-17)21-11-5-15(24)6-12-21/h4,9,15,23-24H,2-3,5-8,10-14H2,1H3. The average molecular weight is 334 g/mol. The number of piperidine rings is 2. The van der Waals surface area contributed by atoms with Crippen molar-refractivity contribution in [2.24, 2.45) is 5.41 Å². The third-order valence-corrected chi connectivity index (χ3v) is 5.48. The Labute approximate surface area is 144 Å². The number of nitrogens with zero attached hydrogens (tertiary/aromatic N) is 4. The van der Waals surface area contributed by atoms with E-state index < -0.39 is 0 Å². The Kier molecular flexibility index (Phi) is 5.56.